The lowest BCUT2D eigenvalue weighted by atomic mass is 10.2. The predicted molar refractivity (Wildman–Crippen MR) is 101 cm³/mol. The van der Waals surface area contributed by atoms with E-state index in [4.69, 9.17) is 9.97 Å². The molecule has 0 amide bonds. The minimum atomic E-state index is 0.114. The molecule has 0 bridgehead atoms. The Labute approximate surface area is 147 Å². The summed E-state index contributed by atoms with van der Waals surface area (Å²) < 4.78 is 0. The van der Waals surface area contributed by atoms with Crippen LogP contribution in [0, 0.1) is 0 Å². The van der Waals surface area contributed by atoms with Crippen molar-refractivity contribution in [1.29, 1.82) is 0 Å². The van der Waals surface area contributed by atoms with E-state index in [1.54, 1.807) is 0 Å². The third-order valence-electron chi connectivity index (χ3n) is 4.74. The zero-order valence-electron chi connectivity index (χ0n) is 14.1. The second kappa shape index (κ2) is 7.07. The summed E-state index contributed by atoms with van der Waals surface area (Å²) >= 11 is 0. The third kappa shape index (κ3) is 3.28. The molecule has 5 heteroatoms. The van der Waals surface area contributed by atoms with Crippen LogP contribution >= 0.6 is 0 Å². The van der Waals surface area contributed by atoms with Crippen LogP contribution in [0.4, 0.5) is 11.8 Å². The fourth-order valence-electron chi connectivity index (χ4n) is 3.40. The van der Waals surface area contributed by atoms with Crippen molar-refractivity contribution in [2.45, 2.75) is 25.4 Å². The van der Waals surface area contributed by atoms with Gasteiger partial charge in [0.25, 0.3) is 0 Å². The molecule has 0 spiro atoms. The van der Waals surface area contributed by atoms with Crippen molar-refractivity contribution in [1.82, 2.24) is 9.97 Å². The van der Waals surface area contributed by atoms with E-state index in [1.165, 1.54) is 5.56 Å². The molecule has 0 aliphatic carbocycles. The van der Waals surface area contributed by atoms with Gasteiger partial charge in [0.15, 0.2) is 0 Å². The van der Waals surface area contributed by atoms with Crippen LogP contribution < -0.4 is 10.2 Å². The Morgan fingerprint density at radius 2 is 1.84 bits per heavy atom. The number of anilines is 2. The summed E-state index contributed by atoms with van der Waals surface area (Å²) in [6, 6.07) is 18.5. The average molecular weight is 334 g/mol. The molecule has 2 N–H and O–H groups in total. The second-order valence-electron chi connectivity index (χ2n) is 6.40. The molecule has 0 saturated carbocycles. The molecule has 1 saturated heterocycles. The molecular weight excluding hydrogens is 312 g/mol. The maximum absolute atomic E-state index is 9.62. The molecule has 0 radical (unpaired) electrons. The number of para-hydroxylation sites is 1. The number of aliphatic hydroxyl groups excluding tert-OH is 1. The van der Waals surface area contributed by atoms with Crippen LogP contribution in [0.5, 0.6) is 0 Å². The Morgan fingerprint density at radius 3 is 2.68 bits per heavy atom. The minimum Gasteiger partial charge on any atom is -0.394 e. The standard InChI is InChI=1S/C20H22N4O/c25-14-16-9-6-12-24(16)20-22-18-11-5-4-10-17(18)19(23-20)21-13-15-7-2-1-3-8-15/h1-5,7-8,10-11,16,25H,6,9,12-14H2,(H,21,22,23)/t16-/m0/s1. The van der Waals surface area contributed by atoms with Gasteiger partial charge in [0, 0.05) is 18.5 Å². The molecule has 3 aromatic rings. The average Bonchev–Trinajstić information content (AvgIpc) is 3.15. The Balaban J connectivity index is 1.69. The van der Waals surface area contributed by atoms with Gasteiger partial charge in [-0.1, -0.05) is 42.5 Å². The van der Waals surface area contributed by atoms with Crippen molar-refractivity contribution in [2.24, 2.45) is 0 Å². The Kier molecular flexibility index (Phi) is 4.48. The van der Waals surface area contributed by atoms with Gasteiger partial charge >= 0.3 is 0 Å². The maximum atomic E-state index is 9.62. The summed E-state index contributed by atoms with van der Waals surface area (Å²) in [5.41, 5.74) is 2.13. The highest BCUT2D eigenvalue weighted by atomic mass is 16.3. The number of benzene rings is 2. The lowest BCUT2D eigenvalue weighted by Crippen LogP contribution is -2.33. The van der Waals surface area contributed by atoms with Crippen LogP contribution in [0.15, 0.2) is 54.6 Å². The van der Waals surface area contributed by atoms with Gasteiger partial charge in [-0.2, -0.15) is 4.98 Å². The Hall–Kier alpha value is -2.66. The summed E-state index contributed by atoms with van der Waals surface area (Å²) in [5.74, 6) is 1.54. The zero-order valence-corrected chi connectivity index (χ0v) is 14.1. The van der Waals surface area contributed by atoms with Crippen LogP contribution in [0.1, 0.15) is 18.4 Å². The molecular formula is C20H22N4O. The topological polar surface area (TPSA) is 61.3 Å². The molecule has 2 aromatic carbocycles. The monoisotopic (exact) mass is 334 g/mol. The first-order valence-corrected chi connectivity index (χ1v) is 8.77. The third-order valence-corrected chi connectivity index (χ3v) is 4.74. The van der Waals surface area contributed by atoms with E-state index in [9.17, 15) is 5.11 Å². The number of nitrogens with one attached hydrogen (secondary N) is 1. The van der Waals surface area contributed by atoms with Gasteiger partial charge < -0.3 is 15.3 Å². The number of nitrogens with zero attached hydrogens (tertiary/aromatic N) is 3. The number of fused-ring (bicyclic) bond motifs is 1. The lowest BCUT2D eigenvalue weighted by Gasteiger charge is -2.24. The van der Waals surface area contributed by atoms with Gasteiger partial charge in [-0.3, -0.25) is 0 Å². The molecule has 1 aliphatic rings. The summed E-state index contributed by atoms with van der Waals surface area (Å²) in [6.07, 6.45) is 2.05. The zero-order chi connectivity index (χ0) is 17.1. The molecule has 2 heterocycles. The molecule has 1 atom stereocenters. The Bertz CT molecular complexity index is 853. The highest BCUT2D eigenvalue weighted by Crippen LogP contribution is 2.28. The van der Waals surface area contributed by atoms with Crippen LogP contribution in [0.25, 0.3) is 10.9 Å². The van der Waals surface area contributed by atoms with Crippen molar-refractivity contribution in [3.05, 3.63) is 60.2 Å². The van der Waals surface area contributed by atoms with Crippen molar-refractivity contribution < 1.29 is 5.11 Å². The van der Waals surface area contributed by atoms with Crippen LogP contribution in [0.2, 0.25) is 0 Å². The van der Waals surface area contributed by atoms with Gasteiger partial charge in [0.2, 0.25) is 5.95 Å². The fraction of sp³-hybridized carbons (Fsp3) is 0.300. The summed E-state index contributed by atoms with van der Waals surface area (Å²) in [7, 11) is 0. The smallest absolute Gasteiger partial charge is 0.228 e. The molecule has 1 aliphatic heterocycles. The molecule has 128 valence electrons. The van der Waals surface area contributed by atoms with Gasteiger partial charge in [-0.15, -0.1) is 0 Å². The molecule has 1 aromatic heterocycles. The van der Waals surface area contributed by atoms with Crippen LogP contribution in [-0.2, 0) is 6.54 Å². The number of rotatable bonds is 5. The largest absolute Gasteiger partial charge is 0.394 e. The molecule has 1 fully saturated rings. The highest BCUT2D eigenvalue weighted by molar-refractivity contribution is 5.90. The maximum Gasteiger partial charge on any atom is 0.228 e. The lowest BCUT2D eigenvalue weighted by molar-refractivity contribution is 0.265. The van der Waals surface area contributed by atoms with Crippen LogP contribution in [0.3, 0.4) is 0 Å². The van der Waals surface area contributed by atoms with E-state index in [0.717, 1.165) is 36.1 Å². The van der Waals surface area contributed by atoms with Crippen LogP contribution in [-0.4, -0.2) is 34.3 Å². The second-order valence-corrected chi connectivity index (χ2v) is 6.40. The summed E-state index contributed by atoms with van der Waals surface area (Å²) in [4.78, 5) is 11.6. The Morgan fingerprint density at radius 1 is 1.04 bits per heavy atom. The number of aromatic nitrogens is 2. The first kappa shape index (κ1) is 15.8. The molecule has 0 unspecified atom stereocenters. The van der Waals surface area contributed by atoms with Gasteiger partial charge in [0.1, 0.15) is 5.82 Å². The van der Waals surface area contributed by atoms with Gasteiger partial charge in [0.05, 0.1) is 18.2 Å². The van der Waals surface area contributed by atoms with E-state index in [1.807, 2.05) is 42.5 Å². The van der Waals surface area contributed by atoms with E-state index in [0.29, 0.717) is 12.5 Å². The van der Waals surface area contributed by atoms with E-state index in [2.05, 4.69) is 22.3 Å². The van der Waals surface area contributed by atoms with E-state index < -0.39 is 0 Å². The SMILES string of the molecule is OC[C@@H]1CCCN1c1nc(NCc2ccccc2)c2ccccc2n1. The first-order chi connectivity index (χ1) is 12.3. The molecule has 25 heavy (non-hydrogen) atoms. The number of aliphatic hydroxyl groups is 1. The van der Waals surface area contributed by atoms with Gasteiger partial charge in [-0.25, -0.2) is 4.98 Å². The highest BCUT2D eigenvalue weighted by Gasteiger charge is 2.26. The van der Waals surface area contributed by atoms with Crippen molar-refractivity contribution >= 4 is 22.7 Å². The van der Waals surface area contributed by atoms with E-state index in [-0.39, 0.29) is 12.6 Å². The summed E-state index contributed by atoms with van der Waals surface area (Å²) in [6.45, 7) is 1.75. The first-order valence-electron chi connectivity index (χ1n) is 8.77. The number of hydrogen-bond acceptors (Lipinski definition) is 5. The number of hydrogen-bond donors (Lipinski definition) is 2. The fourth-order valence-corrected chi connectivity index (χ4v) is 3.40. The van der Waals surface area contributed by atoms with Crippen molar-refractivity contribution in [2.75, 3.05) is 23.4 Å². The summed E-state index contributed by atoms with van der Waals surface area (Å²) in [5, 5.41) is 14.1. The van der Waals surface area contributed by atoms with Gasteiger partial charge in [-0.05, 0) is 30.5 Å². The molecule has 5 nitrogen and oxygen atoms in total. The normalized spacial score (nSPS) is 17.2. The van der Waals surface area contributed by atoms with Crippen molar-refractivity contribution in [3.8, 4) is 0 Å². The quantitative estimate of drug-likeness (QED) is 0.750. The minimum absolute atomic E-state index is 0.114. The predicted octanol–water partition coefficient (Wildman–Crippen LogP) is 3.20. The van der Waals surface area contributed by atoms with E-state index >= 15 is 0 Å². The molecule has 4 rings (SSSR count). The van der Waals surface area contributed by atoms with Crippen molar-refractivity contribution in [3.63, 3.8) is 0 Å².